The molecule has 1 fully saturated rings. The van der Waals surface area contributed by atoms with E-state index in [1.807, 2.05) is 0 Å². The molecule has 1 aliphatic heterocycles. The van der Waals surface area contributed by atoms with E-state index in [0.29, 0.717) is 0 Å². The molecule has 1 rings (SSSR count). The summed E-state index contributed by atoms with van der Waals surface area (Å²) in [5.74, 6) is -0.370. The Morgan fingerprint density at radius 2 is 1.79 bits per heavy atom. The minimum atomic E-state index is -1.11. The molecule has 0 aromatic rings. The third-order valence-electron chi connectivity index (χ3n) is 2.83. The van der Waals surface area contributed by atoms with E-state index >= 15 is 0 Å². The van der Waals surface area contributed by atoms with Gasteiger partial charge in [0.05, 0.1) is 24.9 Å². The van der Waals surface area contributed by atoms with E-state index in [2.05, 4.69) is 0 Å². The fourth-order valence-corrected chi connectivity index (χ4v) is 1.76. The van der Waals surface area contributed by atoms with E-state index in [-0.39, 0.29) is 5.92 Å². The van der Waals surface area contributed by atoms with Gasteiger partial charge in [0.2, 0.25) is 0 Å². The van der Waals surface area contributed by atoms with Crippen LogP contribution in [0.2, 0.25) is 0 Å². The van der Waals surface area contributed by atoms with E-state index in [4.69, 9.17) is 9.84 Å². The SMILES string of the molecule is C[C@@H]1C(O)[C@@H](C)OC([C@@H](O)CO)[C@H]1O. The van der Waals surface area contributed by atoms with Crippen molar-refractivity contribution in [3.05, 3.63) is 0 Å². The summed E-state index contributed by atoms with van der Waals surface area (Å²) in [5, 5.41) is 37.3. The molecule has 1 heterocycles. The molecular weight excluding hydrogens is 188 g/mol. The van der Waals surface area contributed by atoms with Crippen molar-refractivity contribution < 1.29 is 25.2 Å². The molecule has 2 unspecified atom stereocenters. The standard InChI is InChI=1S/C9H18O5/c1-4-7(12)5(2)14-9(8(4)13)6(11)3-10/h4-13H,3H2,1-2H3/t4-,5-,6+,7?,8+,9?/m1/s1. The van der Waals surface area contributed by atoms with Gasteiger partial charge in [-0.3, -0.25) is 0 Å². The molecule has 5 nitrogen and oxygen atoms in total. The highest BCUT2D eigenvalue weighted by Crippen LogP contribution is 2.27. The van der Waals surface area contributed by atoms with Crippen molar-refractivity contribution in [2.24, 2.45) is 5.92 Å². The van der Waals surface area contributed by atoms with Gasteiger partial charge in [0, 0.05) is 5.92 Å². The lowest BCUT2D eigenvalue weighted by atomic mass is 9.86. The first kappa shape index (κ1) is 11.9. The van der Waals surface area contributed by atoms with Crippen LogP contribution in [0, 0.1) is 5.92 Å². The Bertz CT molecular complexity index is 186. The summed E-state index contributed by atoms with van der Waals surface area (Å²) < 4.78 is 5.22. The lowest BCUT2D eigenvalue weighted by molar-refractivity contribution is -0.220. The van der Waals surface area contributed by atoms with Crippen LogP contribution >= 0.6 is 0 Å². The largest absolute Gasteiger partial charge is 0.394 e. The van der Waals surface area contributed by atoms with E-state index < -0.39 is 37.1 Å². The second kappa shape index (κ2) is 4.55. The Labute approximate surface area is 82.9 Å². The van der Waals surface area contributed by atoms with Gasteiger partial charge >= 0.3 is 0 Å². The molecule has 0 aromatic carbocycles. The van der Waals surface area contributed by atoms with Gasteiger partial charge in [0.25, 0.3) is 0 Å². The number of aliphatic hydroxyl groups excluding tert-OH is 4. The lowest BCUT2D eigenvalue weighted by Crippen LogP contribution is -2.56. The van der Waals surface area contributed by atoms with Crippen LogP contribution in [0.15, 0.2) is 0 Å². The summed E-state index contributed by atoms with van der Waals surface area (Å²) in [6, 6.07) is 0. The molecule has 6 atom stereocenters. The Balaban J connectivity index is 2.70. The monoisotopic (exact) mass is 206 g/mol. The van der Waals surface area contributed by atoms with Gasteiger partial charge in [-0.15, -0.1) is 0 Å². The highest BCUT2D eigenvalue weighted by molar-refractivity contribution is 4.91. The van der Waals surface area contributed by atoms with Crippen LogP contribution in [0.1, 0.15) is 13.8 Å². The fourth-order valence-electron chi connectivity index (χ4n) is 1.76. The van der Waals surface area contributed by atoms with Crippen LogP contribution in [-0.4, -0.2) is 57.6 Å². The zero-order valence-electron chi connectivity index (χ0n) is 8.37. The molecule has 84 valence electrons. The maximum absolute atomic E-state index is 9.67. The van der Waals surface area contributed by atoms with E-state index in [0.717, 1.165) is 0 Å². The van der Waals surface area contributed by atoms with E-state index in [9.17, 15) is 15.3 Å². The molecule has 1 saturated heterocycles. The lowest BCUT2D eigenvalue weighted by Gasteiger charge is -2.41. The third kappa shape index (κ3) is 2.07. The van der Waals surface area contributed by atoms with Crippen LogP contribution in [-0.2, 0) is 4.74 Å². The zero-order chi connectivity index (χ0) is 10.9. The average Bonchev–Trinajstić information content (AvgIpc) is 2.19. The van der Waals surface area contributed by atoms with Crippen LogP contribution in [0.4, 0.5) is 0 Å². The van der Waals surface area contributed by atoms with Crippen molar-refractivity contribution in [1.29, 1.82) is 0 Å². The number of hydrogen-bond acceptors (Lipinski definition) is 5. The van der Waals surface area contributed by atoms with Crippen molar-refractivity contribution in [2.75, 3.05) is 6.61 Å². The number of hydrogen-bond donors (Lipinski definition) is 4. The zero-order valence-corrected chi connectivity index (χ0v) is 8.37. The predicted molar refractivity (Wildman–Crippen MR) is 48.6 cm³/mol. The molecule has 0 bridgehead atoms. The van der Waals surface area contributed by atoms with Gasteiger partial charge in [-0.25, -0.2) is 0 Å². The van der Waals surface area contributed by atoms with Crippen molar-refractivity contribution in [2.45, 2.75) is 44.4 Å². The molecule has 14 heavy (non-hydrogen) atoms. The van der Waals surface area contributed by atoms with Crippen LogP contribution in [0.5, 0.6) is 0 Å². The summed E-state index contributed by atoms with van der Waals surface area (Å²) in [6.07, 6.45) is -4.08. The molecule has 5 heteroatoms. The maximum Gasteiger partial charge on any atom is 0.112 e. The highest BCUT2D eigenvalue weighted by atomic mass is 16.5. The summed E-state index contributed by atoms with van der Waals surface area (Å²) >= 11 is 0. The van der Waals surface area contributed by atoms with Gasteiger partial charge in [0.1, 0.15) is 12.2 Å². The predicted octanol–water partition coefficient (Wildman–Crippen LogP) is -1.52. The summed E-state index contributed by atoms with van der Waals surface area (Å²) in [5.41, 5.74) is 0. The van der Waals surface area contributed by atoms with Crippen LogP contribution < -0.4 is 0 Å². The highest BCUT2D eigenvalue weighted by Gasteiger charge is 2.42. The first-order valence-corrected chi connectivity index (χ1v) is 4.79. The number of rotatable bonds is 2. The Morgan fingerprint density at radius 1 is 1.21 bits per heavy atom. The Kier molecular flexibility index (Phi) is 3.86. The van der Waals surface area contributed by atoms with Gasteiger partial charge in [-0.2, -0.15) is 0 Å². The first-order chi connectivity index (χ1) is 6.49. The molecule has 0 radical (unpaired) electrons. The molecule has 4 N–H and O–H groups in total. The van der Waals surface area contributed by atoms with Gasteiger partial charge in [0.15, 0.2) is 0 Å². The van der Waals surface area contributed by atoms with E-state index in [1.165, 1.54) is 0 Å². The van der Waals surface area contributed by atoms with E-state index in [1.54, 1.807) is 13.8 Å². The quantitative estimate of drug-likeness (QED) is 0.441. The van der Waals surface area contributed by atoms with Gasteiger partial charge < -0.3 is 25.2 Å². The minimum Gasteiger partial charge on any atom is -0.394 e. The van der Waals surface area contributed by atoms with Crippen LogP contribution in [0.3, 0.4) is 0 Å². The Morgan fingerprint density at radius 3 is 2.29 bits per heavy atom. The topological polar surface area (TPSA) is 90.2 Å². The van der Waals surface area contributed by atoms with Crippen molar-refractivity contribution in [3.63, 3.8) is 0 Å². The fraction of sp³-hybridized carbons (Fsp3) is 1.00. The Hall–Kier alpha value is -0.200. The molecule has 0 spiro atoms. The van der Waals surface area contributed by atoms with Gasteiger partial charge in [-0.1, -0.05) is 6.92 Å². The molecule has 0 aromatic heterocycles. The van der Waals surface area contributed by atoms with Crippen LogP contribution in [0.25, 0.3) is 0 Å². The average molecular weight is 206 g/mol. The van der Waals surface area contributed by atoms with Gasteiger partial charge in [-0.05, 0) is 6.92 Å². The van der Waals surface area contributed by atoms with Crippen molar-refractivity contribution >= 4 is 0 Å². The third-order valence-corrected chi connectivity index (χ3v) is 2.83. The summed E-state index contributed by atoms with van der Waals surface area (Å²) in [6.45, 7) is 2.90. The molecule has 0 aliphatic carbocycles. The second-order valence-corrected chi connectivity index (χ2v) is 3.90. The molecular formula is C9H18O5. The summed E-state index contributed by atoms with van der Waals surface area (Å²) in [7, 11) is 0. The summed E-state index contributed by atoms with van der Waals surface area (Å²) in [4.78, 5) is 0. The molecule has 1 aliphatic rings. The molecule has 0 amide bonds. The second-order valence-electron chi connectivity index (χ2n) is 3.90. The minimum absolute atomic E-state index is 0.370. The first-order valence-electron chi connectivity index (χ1n) is 4.79. The number of ether oxygens (including phenoxy) is 1. The maximum atomic E-state index is 9.67. The normalized spacial score (nSPS) is 46.3. The molecule has 0 saturated carbocycles. The number of aliphatic hydroxyl groups is 4. The smallest absolute Gasteiger partial charge is 0.112 e. The van der Waals surface area contributed by atoms with Crippen molar-refractivity contribution in [3.8, 4) is 0 Å². The van der Waals surface area contributed by atoms with Crippen molar-refractivity contribution in [1.82, 2.24) is 0 Å².